The van der Waals surface area contributed by atoms with E-state index in [1.54, 1.807) is 17.4 Å². The number of amides is 1. The van der Waals surface area contributed by atoms with Gasteiger partial charge in [-0.15, -0.1) is 11.3 Å². The smallest absolute Gasteiger partial charge is 0.331 e. The van der Waals surface area contributed by atoms with Crippen LogP contribution in [-0.2, 0) is 14.3 Å². The number of thiophene rings is 1. The van der Waals surface area contributed by atoms with E-state index in [1.165, 1.54) is 6.08 Å². The van der Waals surface area contributed by atoms with Crippen molar-refractivity contribution in [2.75, 3.05) is 13.2 Å². The maximum atomic E-state index is 12.4. The molecule has 1 amide bonds. The molecule has 0 bridgehead atoms. The second-order valence-electron chi connectivity index (χ2n) is 6.37. The molecule has 30 heavy (non-hydrogen) atoms. The molecule has 1 aromatic heterocycles. The van der Waals surface area contributed by atoms with Gasteiger partial charge in [0.05, 0.1) is 12.6 Å². The summed E-state index contributed by atoms with van der Waals surface area (Å²) in [4.78, 5) is 25.4. The molecule has 154 valence electrons. The van der Waals surface area contributed by atoms with Crippen LogP contribution in [-0.4, -0.2) is 25.1 Å². The highest BCUT2D eigenvalue weighted by Crippen LogP contribution is 2.25. The van der Waals surface area contributed by atoms with Crippen molar-refractivity contribution in [3.63, 3.8) is 0 Å². The van der Waals surface area contributed by atoms with Gasteiger partial charge in [-0.1, -0.05) is 48.5 Å². The van der Waals surface area contributed by atoms with E-state index in [-0.39, 0.29) is 18.6 Å². The molecule has 0 radical (unpaired) electrons. The number of carbonyl (C=O) groups is 2. The summed E-state index contributed by atoms with van der Waals surface area (Å²) in [6.07, 6.45) is 2.94. The molecule has 0 fully saturated rings. The van der Waals surface area contributed by atoms with Gasteiger partial charge in [-0.2, -0.15) is 0 Å². The minimum atomic E-state index is -0.577. The molecular formula is C24H23NO4S. The Hall–Kier alpha value is -3.38. The Morgan fingerprint density at radius 1 is 1.03 bits per heavy atom. The molecule has 0 aliphatic rings. The highest BCUT2D eigenvalue weighted by atomic mass is 32.1. The van der Waals surface area contributed by atoms with Gasteiger partial charge >= 0.3 is 5.97 Å². The molecule has 3 aromatic rings. The Bertz CT molecular complexity index is 966. The van der Waals surface area contributed by atoms with Gasteiger partial charge in [0.1, 0.15) is 5.75 Å². The molecule has 1 atom stereocenters. The van der Waals surface area contributed by atoms with E-state index >= 15 is 0 Å². The zero-order chi connectivity index (χ0) is 21.2. The zero-order valence-electron chi connectivity index (χ0n) is 16.6. The van der Waals surface area contributed by atoms with Crippen LogP contribution in [0.15, 0.2) is 78.2 Å². The topological polar surface area (TPSA) is 64.6 Å². The Morgan fingerprint density at radius 2 is 1.80 bits per heavy atom. The summed E-state index contributed by atoms with van der Waals surface area (Å²) >= 11 is 1.56. The van der Waals surface area contributed by atoms with Crippen molar-refractivity contribution in [1.29, 1.82) is 0 Å². The highest BCUT2D eigenvalue weighted by Gasteiger charge is 2.18. The van der Waals surface area contributed by atoms with Crippen LogP contribution in [0.4, 0.5) is 0 Å². The monoisotopic (exact) mass is 421 g/mol. The SMILES string of the molecule is CCOc1ccc(/C=C/C(=O)OCC(=O)N[C@@H](c2ccccc2)c2cccs2)cc1. The van der Waals surface area contributed by atoms with Crippen molar-refractivity contribution in [3.05, 3.63) is 94.2 Å². The first-order valence-electron chi connectivity index (χ1n) is 9.61. The van der Waals surface area contributed by atoms with Crippen molar-refractivity contribution < 1.29 is 19.1 Å². The number of hydrogen-bond acceptors (Lipinski definition) is 5. The second kappa shape index (κ2) is 11.0. The normalized spacial score (nSPS) is 11.8. The summed E-state index contributed by atoms with van der Waals surface area (Å²) in [5.74, 6) is -0.168. The van der Waals surface area contributed by atoms with Crippen molar-refractivity contribution in [1.82, 2.24) is 5.32 Å². The van der Waals surface area contributed by atoms with Gasteiger partial charge in [-0.25, -0.2) is 4.79 Å². The fourth-order valence-corrected chi connectivity index (χ4v) is 3.62. The van der Waals surface area contributed by atoms with Crippen molar-refractivity contribution in [2.45, 2.75) is 13.0 Å². The summed E-state index contributed by atoms with van der Waals surface area (Å²) in [6, 6.07) is 20.6. The van der Waals surface area contributed by atoms with Crippen LogP contribution in [0.1, 0.15) is 29.0 Å². The van der Waals surface area contributed by atoms with E-state index in [4.69, 9.17) is 9.47 Å². The van der Waals surface area contributed by atoms with Gasteiger partial charge in [-0.3, -0.25) is 4.79 Å². The highest BCUT2D eigenvalue weighted by molar-refractivity contribution is 7.10. The minimum absolute atomic E-state index is 0.281. The molecule has 0 aliphatic heterocycles. The van der Waals surface area contributed by atoms with E-state index in [0.29, 0.717) is 6.61 Å². The molecule has 0 spiro atoms. The molecule has 1 N–H and O–H groups in total. The van der Waals surface area contributed by atoms with Crippen molar-refractivity contribution >= 4 is 29.3 Å². The second-order valence-corrected chi connectivity index (χ2v) is 7.35. The van der Waals surface area contributed by atoms with Crippen LogP contribution in [0.25, 0.3) is 6.08 Å². The lowest BCUT2D eigenvalue weighted by Gasteiger charge is -2.18. The third-order valence-corrected chi connectivity index (χ3v) is 5.15. The molecule has 1 heterocycles. The number of carbonyl (C=O) groups excluding carboxylic acids is 2. The summed E-state index contributed by atoms with van der Waals surface area (Å²) in [7, 11) is 0. The molecule has 5 nitrogen and oxygen atoms in total. The Morgan fingerprint density at radius 3 is 2.47 bits per heavy atom. The Kier molecular flexibility index (Phi) is 7.80. The van der Waals surface area contributed by atoms with Crippen LogP contribution in [0.2, 0.25) is 0 Å². The number of esters is 1. The van der Waals surface area contributed by atoms with Gasteiger partial charge in [0, 0.05) is 11.0 Å². The Labute approximate surface area is 180 Å². The summed E-state index contributed by atoms with van der Waals surface area (Å²) in [6.45, 7) is 2.17. The standard InChI is InChI=1S/C24H23NO4S/c1-2-28-20-13-10-18(11-14-20)12-15-23(27)29-17-22(26)25-24(21-9-6-16-30-21)19-7-4-3-5-8-19/h3-16,24H,2,17H2,1H3,(H,25,26)/b15-12+/t24-/m0/s1. The van der Waals surface area contributed by atoms with E-state index < -0.39 is 5.97 Å². The van der Waals surface area contributed by atoms with Crippen molar-refractivity contribution in [2.24, 2.45) is 0 Å². The zero-order valence-corrected chi connectivity index (χ0v) is 17.4. The molecule has 6 heteroatoms. The first-order chi connectivity index (χ1) is 14.7. The fourth-order valence-electron chi connectivity index (χ4n) is 2.81. The third kappa shape index (κ3) is 6.32. The van der Waals surface area contributed by atoms with E-state index in [1.807, 2.05) is 79.0 Å². The minimum Gasteiger partial charge on any atom is -0.494 e. The number of nitrogens with one attached hydrogen (secondary N) is 1. The largest absolute Gasteiger partial charge is 0.494 e. The third-order valence-electron chi connectivity index (χ3n) is 4.21. The number of hydrogen-bond donors (Lipinski definition) is 1. The predicted octanol–water partition coefficient (Wildman–Crippen LogP) is 4.61. The van der Waals surface area contributed by atoms with E-state index in [2.05, 4.69) is 5.32 Å². The molecule has 2 aromatic carbocycles. The predicted molar refractivity (Wildman–Crippen MR) is 118 cm³/mol. The molecular weight excluding hydrogens is 398 g/mol. The number of rotatable bonds is 9. The van der Waals surface area contributed by atoms with Gasteiger partial charge in [-0.05, 0) is 47.7 Å². The molecule has 0 saturated heterocycles. The van der Waals surface area contributed by atoms with Gasteiger partial charge < -0.3 is 14.8 Å². The fraction of sp³-hybridized carbons (Fsp3) is 0.167. The molecule has 0 saturated carbocycles. The van der Waals surface area contributed by atoms with Crippen LogP contribution in [0, 0.1) is 0 Å². The maximum absolute atomic E-state index is 12.4. The Balaban J connectivity index is 1.53. The number of ether oxygens (including phenoxy) is 2. The molecule has 0 aliphatic carbocycles. The number of benzene rings is 2. The molecule has 3 rings (SSSR count). The lowest BCUT2D eigenvalue weighted by Crippen LogP contribution is -2.32. The van der Waals surface area contributed by atoms with Crippen LogP contribution < -0.4 is 10.1 Å². The first kappa shape index (κ1) is 21.3. The van der Waals surface area contributed by atoms with Crippen LogP contribution >= 0.6 is 11.3 Å². The van der Waals surface area contributed by atoms with Gasteiger partial charge in [0.15, 0.2) is 6.61 Å². The van der Waals surface area contributed by atoms with Crippen LogP contribution in [0.3, 0.4) is 0 Å². The molecule has 0 unspecified atom stereocenters. The van der Waals surface area contributed by atoms with Gasteiger partial charge in [0.25, 0.3) is 5.91 Å². The maximum Gasteiger partial charge on any atom is 0.331 e. The summed E-state index contributed by atoms with van der Waals surface area (Å²) in [5.41, 5.74) is 1.80. The lowest BCUT2D eigenvalue weighted by molar-refractivity contribution is -0.143. The average molecular weight is 422 g/mol. The van der Waals surface area contributed by atoms with Crippen LogP contribution in [0.5, 0.6) is 5.75 Å². The quantitative estimate of drug-likeness (QED) is 0.405. The summed E-state index contributed by atoms with van der Waals surface area (Å²) < 4.78 is 10.5. The van der Waals surface area contributed by atoms with E-state index in [0.717, 1.165) is 21.8 Å². The van der Waals surface area contributed by atoms with E-state index in [9.17, 15) is 9.59 Å². The summed E-state index contributed by atoms with van der Waals surface area (Å²) in [5, 5.41) is 4.90. The van der Waals surface area contributed by atoms with Gasteiger partial charge in [0.2, 0.25) is 0 Å². The first-order valence-corrected chi connectivity index (χ1v) is 10.5. The lowest BCUT2D eigenvalue weighted by atomic mass is 10.1. The average Bonchev–Trinajstić information content (AvgIpc) is 3.31. The van der Waals surface area contributed by atoms with Crippen molar-refractivity contribution in [3.8, 4) is 5.75 Å².